The van der Waals surface area contributed by atoms with E-state index in [2.05, 4.69) is 31.3 Å². The highest BCUT2D eigenvalue weighted by molar-refractivity contribution is 5.78. The van der Waals surface area contributed by atoms with Crippen molar-refractivity contribution >= 4 is 5.91 Å². The van der Waals surface area contributed by atoms with Gasteiger partial charge in [0.2, 0.25) is 5.91 Å². The van der Waals surface area contributed by atoms with E-state index in [-0.39, 0.29) is 11.8 Å². The van der Waals surface area contributed by atoms with Crippen LogP contribution in [0.25, 0.3) is 0 Å². The number of nitrogens with one attached hydrogen (secondary N) is 1. The number of benzene rings is 1. The minimum atomic E-state index is 0.191. The summed E-state index contributed by atoms with van der Waals surface area (Å²) in [5.41, 5.74) is 1.27. The van der Waals surface area contributed by atoms with Crippen LogP contribution in [-0.4, -0.2) is 12.5 Å². The molecule has 0 unspecified atom stereocenters. The summed E-state index contributed by atoms with van der Waals surface area (Å²) in [6.45, 7) is 4.94. The topological polar surface area (TPSA) is 29.1 Å². The summed E-state index contributed by atoms with van der Waals surface area (Å²) < 4.78 is 0. The lowest BCUT2D eigenvalue weighted by Gasteiger charge is -2.13. The van der Waals surface area contributed by atoms with E-state index in [4.69, 9.17) is 0 Å². The summed E-state index contributed by atoms with van der Waals surface area (Å²) in [5, 5.41) is 3.03. The van der Waals surface area contributed by atoms with Crippen LogP contribution in [0.2, 0.25) is 0 Å². The van der Waals surface area contributed by atoms with E-state index in [0.29, 0.717) is 0 Å². The van der Waals surface area contributed by atoms with Gasteiger partial charge >= 0.3 is 0 Å². The average molecular weight is 233 g/mol. The minimum absolute atomic E-state index is 0.191. The molecular formula is C15H23NO. The Balaban J connectivity index is 2.28. The van der Waals surface area contributed by atoms with Crippen LogP contribution in [0.1, 0.15) is 38.7 Å². The SMILES string of the molecule is CCC[C@H](CC)C(=O)NCCc1ccccc1. The molecule has 1 aromatic rings. The van der Waals surface area contributed by atoms with Gasteiger partial charge in [0, 0.05) is 12.5 Å². The van der Waals surface area contributed by atoms with E-state index in [0.717, 1.165) is 32.2 Å². The maximum absolute atomic E-state index is 11.8. The van der Waals surface area contributed by atoms with E-state index in [1.165, 1.54) is 5.56 Å². The molecular weight excluding hydrogens is 210 g/mol. The Morgan fingerprint density at radius 3 is 2.53 bits per heavy atom. The van der Waals surface area contributed by atoms with Gasteiger partial charge in [0.05, 0.1) is 0 Å². The van der Waals surface area contributed by atoms with Crippen molar-refractivity contribution in [3.05, 3.63) is 35.9 Å². The molecule has 0 radical (unpaired) electrons. The summed E-state index contributed by atoms with van der Waals surface area (Å²) in [7, 11) is 0. The normalized spacial score (nSPS) is 12.1. The number of amides is 1. The molecule has 1 amide bonds. The fourth-order valence-electron chi connectivity index (χ4n) is 1.99. The van der Waals surface area contributed by atoms with E-state index in [1.54, 1.807) is 0 Å². The third kappa shape index (κ3) is 5.03. The van der Waals surface area contributed by atoms with Crippen LogP contribution in [0.3, 0.4) is 0 Å². The summed E-state index contributed by atoms with van der Waals surface area (Å²) in [4.78, 5) is 11.8. The summed E-state index contributed by atoms with van der Waals surface area (Å²) in [6, 6.07) is 10.3. The second-order valence-corrected chi connectivity index (χ2v) is 4.42. The fraction of sp³-hybridized carbons (Fsp3) is 0.533. The Labute approximate surface area is 104 Å². The number of carbonyl (C=O) groups is 1. The molecule has 1 N–H and O–H groups in total. The van der Waals surface area contributed by atoms with Gasteiger partial charge in [-0.3, -0.25) is 4.79 Å². The lowest BCUT2D eigenvalue weighted by Crippen LogP contribution is -2.31. The Bertz CT molecular complexity index is 321. The van der Waals surface area contributed by atoms with Gasteiger partial charge in [-0.15, -0.1) is 0 Å². The number of carbonyl (C=O) groups excluding carboxylic acids is 1. The Morgan fingerprint density at radius 1 is 1.24 bits per heavy atom. The zero-order valence-corrected chi connectivity index (χ0v) is 10.9. The van der Waals surface area contributed by atoms with E-state index in [1.807, 2.05) is 18.2 Å². The van der Waals surface area contributed by atoms with Crippen LogP contribution in [0.4, 0.5) is 0 Å². The maximum atomic E-state index is 11.8. The van der Waals surface area contributed by atoms with Crippen LogP contribution < -0.4 is 5.32 Å². The van der Waals surface area contributed by atoms with Gasteiger partial charge in [-0.2, -0.15) is 0 Å². The molecule has 0 aliphatic carbocycles. The summed E-state index contributed by atoms with van der Waals surface area (Å²) in [5.74, 6) is 0.404. The van der Waals surface area contributed by atoms with E-state index >= 15 is 0 Å². The van der Waals surface area contributed by atoms with Crippen LogP contribution in [-0.2, 0) is 11.2 Å². The van der Waals surface area contributed by atoms with Gasteiger partial charge in [-0.1, -0.05) is 50.6 Å². The highest BCUT2D eigenvalue weighted by Gasteiger charge is 2.14. The molecule has 94 valence electrons. The van der Waals surface area contributed by atoms with Crippen LogP contribution in [0.5, 0.6) is 0 Å². The molecule has 2 nitrogen and oxygen atoms in total. The average Bonchev–Trinajstić information content (AvgIpc) is 2.37. The maximum Gasteiger partial charge on any atom is 0.223 e. The molecule has 1 rings (SSSR count). The Hall–Kier alpha value is -1.31. The molecule has 1 aromatic carbocycles. The first-order chi connectivity index (χ1) is 8.27. The second-order valence-electron chi connectivity index (χ2n) is 4.42. The van der Waals surface area contributed by atoms with Crippen molar-refractivity contribution in [2.24, 2.45) is 5.92 Å². The van der Waals surface area contributed by atoms with Gasteiger partial charge in [-0.05, 0) is 24.8 Å². The lowest BCUT2D eigenvalue weighted by atomic mass is 10.00. The molecule has 0 aliphatic heterocycles. The third-order valence-electron chi connectivity index (χ3n) is 3.06. The standard InChI is InChI=1S/C15H23NO/c1-3-8-14(4-2)15(17)16-12-11-13-9-6-5-7-10-13/h5-7,9-10,14H,3-4,8,11-12H2,1-2H3,(H,16,17)/t14-/m0/s1. The molecule has 0 heterocycles. The van der Waals surface area contributed by atoms with Crippen LogP contribution in [0, 0.1) is 5.92 Å². The molecule has 0 aliphatic rings. The quantitative estimate of drug-likeness (QED) is 0.770. The second kappa shape index (κ2) is 7.88. The predicted molar refractivity (Wildman–Crippen MR) is 71.8 cm³/mol. The van der Waals surface area contributed by atoms with Gasteiger partial charge in [0.25, 0.3) is 0 Å². The molecule has 0 fully saturated rings. The monoisotopic (exact) mass is 233 g/mol. The van der Waals surface area contributed by atoms with Crippen molar-refractivity contribution in [2.75, 3.05) is 6.54 Å². The van der Waals surface area contributed by atoms with Gasteiger partial charge in [-0.25, -0.2) is 0 Å². The van der Waals surface area contributed by atoms with Crippen molar-refractivity contribution in [3.63, 3.8) is 0 Å². The van der Waals surface area contributed by atoms with Crippen molar-refractivity contribution in [3.8, 4) is 0 Å². The van der Waals surface area contributed by atoms with Crippen LogP contribution >= 0.6 is 0 Å². The summed E-state index contributed by atoms with van der Waals surface area (Å²) >= 11 is 0. The molecule has 0 spiro atoms. The fourth-order valence-corrected chi connectivity index (χ4v) is 1.99. The van der Waals surface area contributed by atoms with Crippen molar-refractivity contribution in [1.82, 2.24) is 5.32 Å². The zero-order valence-electron chi connectivity index (χ0n) is 10.9. The molecule has 0 saturated carbocycles. The molecule has 17 heavy (non-hydrogen) atoms. The Morgan fingerprint density at radius 2 is 1.94 bits per heavy atom. The van der Waals surface area contributed by atoms with Crippen LogP contribution in [0.15, 0.2) is 30.3 Å². The first kappa shape index (κ1) is 13.8. The van der Waals surface area contributed by atoms with Crippen molar-refractivity contribution < 1.29 is 4.79 Å². The highest BCUT2D eigenvalue weighted by atomic mass is 16.1. The van der Waals surface area contributed by atoms with E-state index < -0.39 is 0 Å². The lowest BCUT2D eigenvalue weighted by molar-refractivity contribution is -0.125. The third-order valence-corrected chi connectivity index (χ3v) is 3.06. The smallest absolute Gasteiger partial charge is 0.223 e. The minimum Gasteiger partial charge on any atom is -0.356 e. The highest BCUT2D eigenvalue weighted by Crippen LogP contribution is 2.10. The molecule has 0 saturated heterocycles. The van der Waals surface area contributed by atoms with Crippen molar-refractivity contribution in [2.45, 2.75) is 39.5 Å². The summed E-state index contributed by atoms with van der Waals surface area (Å²) in [6.07, 6.45) is 3.92. The molecule has 1 atom stereocenters. The largest absolute Gasteiger partial charge is 0.356 e. The number of hydrogen-bond donors (Lipinski definition) is 1. The molecule has 0 aromatic heterocycles. The molecule has 2 heteroatoms. The zero-order chi connectivity index (χ0) is 12.5. The van der Waals surface area contributed by atoms with Gasteiger partial charge < -0.3 is 5.32 Å². The van der Waals surface area contributed by atoms with E-state index in [9.17, 15) is 4.79 Å². The van der Waals surface area contributed by atoms with Gasteiger partial charge in [0.15, 0.2) is 0 Å². The number of rotatable bonds is 7. The van der Waals surface area contributed by atoms with Gasteiger partial charge in [0.1, 0.15) is 0 Å². The molecule has 0 bridgehead atoms. The predicted octanol–water partition coefficient (Wildman–Crippen LogP) is 3.17. The number of hydrogen-bond acceptors (Lipinski definition) is 1. The Kier molecular flexibility index (Phi) is 6.38. The first-order valence-corrected chi connectivity index (χ1v) is 6.59. The van der Waals surface area contributed by atoms with Crippen molar-refractivity contribution in [1.29, 1.82) is 0 Å². The first-order valence-electron chi connectivity index (χ1n) is 6.59.